The summed E-state index contributed by atoms with van der Waals surface area (Å²) in [5.41, 5.74) is 0.544. The van der Waals surface area contributed by atoms with Gasteiger partial charge in [-0.2, -0.15) is 5.26 Å². The summed E-state index contributed by atoms with van der Waals surface area (Å²) in [6.45, 7) is 6.19. The van der Waals surface area contributed by atoms with Crippen LogP contribution in [0.4, 0.5) is 4.79 Å². The first-order valence-corrected chi connectivity index (χ1v) is 8.03. The highest BCUT2D eigenvalue weighted by Crippen LogP contribution is 2.15. The first-order valence-electron chi connectivity index (χ1n) is 8.03. The van der Waals surface area contributed by atoms with Crippen LogP contribution in [0.2, 0.25) is 0 Å². The van der Waals surface area contributed by atoms with Crippen LogP contribution in [0.25, 0.3) is 0 Å². The van der Waals surface area contributed by atoms with Crippen LogP contribution < -0.4 is 10.1 Å². The molecule has 7 heteroatoms. The molecule has 1 fully saturated rings. The number of nitrogens with zero attached hydrogens (tertiary/aromatic N) is 3. The van der Waals surface area contributed by atoms with Gasteiger partial charge in [-0.05, 0) is 38.1 Å². The zero-order valence-corrected chi connectivity index (χ0v) is 14.0. The number of urea groups is 1. The van der Waals surface area contributed by atoms with E-state index in [0.717, 1.165) is 0 Å². The minimum absolute atomic E-state index is 0.0912. The van der Waals surface area contributed by atoms with Gasteiger partial charge in [0.25, 0.3) is 5.91 Å². The summed E-state index contributed by atoms with van der Waals surface area (Å²) >= 11 is 0. The van der Waals surface area contributed by atoms with Crippen LogP contribution in [-0.4, -0.2) is 60.6 Å². The van der Waals surface area contributed by atoms with E-state index in [0.29, 0.717) is 44.0 Å². The molecule has 0 saturated carbocycles. The summed E-state index contributed by atoms with van der Waals surface area (Å²) in [6.07, 6.45) is -0.617. The third kappa shape index (κ3) is 4.38. The Balaban J connectivity index is 1.85. The smallest absolute Gasteiger partial charge is 0.317 e. The number of amides is 3. The number of nitrogens with one attached hydrogen (secondary N) is 1. The van der Waals surface area contributed by atoms with Crippen molar-refractivity contribution < 1.29 is 14.3 Å². The molecule has 2 rings (SSSR count). The Hall–Kier alpha value is -2.75. The molecule has 0 spiro atoms. The topological polar surface area (TPSA) is 85.7 Å². The van der Waals surface area contributed by atoms with Crippen molar-refractivity contribution in [3.05, 3.63) is 29.8 Å². The Morgan fingerprint density at radius 3 is 2.33 bits per heavy atom. The van der Waals surface area contributed by atoms with Crippen molar-refractivity contribution in [2.24, 2.45) is 0 Å². The first-order chi connectivity index (χ1) is 11.5. The van der Waals surface area contributed by atoms with E-state index in [9.17, 15) is 9.59 Å². The Bertz CT molecular complexity index is 616. The Morgan fingerprint density at radius 2 is 1.79 bits per heavy atom. The van der Waals surface area contributed by atoms with Gasteiger partial charge in [-0.3, -0.25) is 4.79 Å². The lowest BCUT2D eigenvalue weighted by atomic mass is 10.2. The molecule has 0 radical (unpaired) electrons. The molecule has 1 unspecified atom stereocenters. The lowest BCUT2D eigenvalue weighted by Gasteiger charge is -2.35. The molecule has 1 N–H and O–H groups in total. The first kappa shape index (κ1) is 17.6. The van der Waals surface area contributed by atoms with Crippen molar-refractivity contribution in [2.45, 2.75) is 20.0 Å². The number of rotatable bonds is 4. The van der Waals surface area contributed by atoms with E-state index in [4.69, 9.17) is 10.00 Å². The maximum absolute atomic E-state index is 12.5. The number of hydrogen-bond acceptors (Lipinski definition) is 4. The van der Waals surface area contributed by atoms with E-state index in [2.05, 4.69) is 5.32 Å². The zero-order valence-electron chi connectivity index (χ0n) is 14.0. The Kier molecular flexibility index (Phi) is 6.01. The highest BCUT2D eigenvalue weighted by molar-refractivity contribution is 5.81. The van der Waals surface area contributed by atoms with Gasteiger partial charge in [-0.25, -0.2) is 4.79 Å². The van der Waals surface area contributed by atoms with Crippen LogP contribution in [0.5, 0.6) is 5.75 Å². The highest BCUT2D eigenvalue weighted by Gasteiger charge is 2.27. The van der Waals surface area contributed by atoms with E-state index in [1.54, 1.807) is 41.0 Å². The second-order valence-corrected chi connectivity index (χ2v) is 5.54. The molecular weight excluding hydrogens is 308 g/mol. The maximum atomic E-state index is 12.5. The third-order valence-corrected chi connectivity index (χ3v) is 3.85. The van der Waals surface area contributed by atoms with E-state index in [1.807, 2.05) is 13.0 Å². The van der Waals surface area contributed by atoms with Crippen molar-refractivity contribution in [3.8, 4) is 11.8 Å². The van der Waals surface area contributed by atoms with Crippen molar-refractivity contribution in [3.63, 3.8) is 0 Å². The predicted molar refractivity (Wildman–Crippen MR) is 88.5 cm³/mol. The van der Waals surface area contributed by atoms with Crippen molar-refractivity contribution in [1.82, 2.24) is 15.1 Å². The van der Waals surface area contributed by atoms with Crippen molar-refractivity contribution >= 4 is 11.9 Å². The van der Waals surface area contributed by atoms with Gasteiger partial charge >= 0.3 is 6.03 Å². The van der Waals surface area contributed by atoms with Gasteiger partial charge < -0.3 is 19.9 Å². The second-order valence-electron chi connectivity index (χ2n) is 5.54. The molecule has 1 aliphatic heterocycles. The van der Waals surface area contributed by atoms with Gasteiger partial charge in [0.15, 0.2) is 6.10 Å². The van der Waals surface area contributed by atoms with Crippen LogP contribution in [0.3, 0.4) is 0 Å². The van der Waals surface area contributed by atoms with Crippen molar-refractivity contribution in [1.29, 1.82) is 5.26 Å². The summed E-state index contributed by atoms with van der Waals surface area (Å²) in [6, 6.07) is 8.60. The molecule has 0 bridgehead atoms. The molecule has 7 nitrogen and oxygen atoms in total. The predicted octanol–water partition coefficient (Wildman–Crippen LogP) is 1.20. The average molecular weight is 330 g/mol. The minimum atomic E-state index is -0.617. The number of nitriles is 1. The van der Waals surface area contributed by atoms with E-state index in [-0.39, 0.29) is 11.9 Å². The summed E-state index contributed by atoms with van der Waals surface area (Å²) in [4.78, 5) is 27.6. The summed E-state index contributed by atoms with van der Waals surface area (Å²) in [5, 5.41) is 11.5. The number of ether oxygens (including phenoxy) is 1. The number of benzene rings is 1. The molecule has 0 aliphatic carbocycles. The SMILES string of the molecule is CCNC(=O)N1CCN(C(=O)C(C)Oc2ccc(C#N)cc2)CC1. The summed E-state index contributed by atoms with van der Waals surface area (Å²) < 4.78 is 5.65. The minimum Gasteiger partial charge on any atom is -0.481 e. The molecule has 1 aromatic carbocycles. The third-order valence-electron chi connectivity index (χ3n) is 3.85. The molecular formula is C17H22N4O3. The van der Waals surface area contributed by atoms with Crippen LogP contribution in [0.1, 0.15) is 19.4 Å². The molecule has 3 amide bonds. The lowest BCUT2D eigenvalue weighted by molar-refractivity contribution is -0.139. The largest absolute Gasteiger partial charge is 0.481 e. The molecule has 24 heavy (non-hydrogen) atoms. The van der Waals surface area contributed by atoms with Crippen LogP contribution >= 0.6 is 0 Å². The van der Waals surface area contributed by atoms with E-state index < -0.39 is 6.10 Å². The maximum Gasteiger partial charge on any atom is 0.317 e. The van der Waals surface area contributed by atoms with Gasteiger partial charge in [0.1, 0.15) is 5.75 Å². The van der Waals surface area contributed by atoms with Gasteiger partial charge in [0.05, 0.1) is 11.6 Å². The fourth-order valence-electron chi connectivity index (χ4n) is 2.51. The molecule has 1 aliphatic rings. The van der Waals surface area contributed by atoms with Gasteiger partial charge in [-0.15, -0.1) is 0 Å². The number of piperazine rings is 1. The number of carbonyl (C=O) groups excluding carboxylic acids is 2. The Labute approximate surface area is 141 Å². The summed E-state index contributed by atoms with van der Waals surface area (Å²) in [7, 11) is 0. The average Bonchev–Trinajstić information content (AvgIpc) is 2.62. The molecule has 1 heterocycles. The highest BCUT2D eigenvalue weighted by atomic mass is 16.5. The molecule has 1 atom stereocenters. The molecule has 0 aromatic heterocycles. The van der Waals surface area contributed by atoms with E-state index in [1.165, 1.54) is 0 Å². The number of hydrogen-bond donors (Lipinski definition) is 1. The summed E-state index contributed by atoms with van der Waals surface area (Å²) in [5.74, 6) is 0.450. The van der Waals surface area contributed by atoms with Crippen LogP contribution in [0.15, 0.2) is 24.3 Å². The van der Waals surface area contributed by atoms with Crippen molar-refractivity contribution in [2.75, 3.05) is 32.7 Å². The molecule has 1 saturated heterocycles. The fraction of sp³-hybridized carbons (Fsp3) is 0.471. The Morgan fingerprint density at radius 1 is 1.21 bits per heavy atom. The standard InChI is InChI=1S/C17H22N4O3/c1-3-19-17(23)21-10-8-20(9-11-21)16(22)13(2)24-15-6-4-14(12-18)5-7-15/h4-7,13H,3,8-11H2,1-2H3,(H,19,23). The molecule has 128 valence electrons. The quantitative estimate of drug-likeness (QED) is 0.899. The lowest BCUT2D eigenvalue weighted by Crippen LogP contribution is -2.55. The normalized spacial score (nSPS) is 15.4. The second kappa shape index (κ2) is 8.20. The monoisotopic (exact) mass is 330 g/mol. The van der Waals surface area contributed by atoms with Crippen LogP contribution in [-0.2, 0) is 4.79 Å². The van der Waals surface area contributed by atoms with Gasteiger partial charge in [-0.1, -0.05) is 0 Å². The zero-order chi connectivity index (χ0) is 17.5. The fourth-order valence-corrected chi connectivity index (χ4v) is 2.51. The van der Waals surface area contributed by atoms with E-state index >= 15 is 0 Å². The van der Waals surface area contributed by atoms with Gasteiger partial charge in [0, 0.05) is 32.7 Å². The van der Waals surface area contributed by atoms with Crippen LogP contribution in [0, 0.1) is 11.3 Å². The number of carbonyl (C=O) groups is 2. The van der Waals surface area contributed by atoms with Gasteiger partial charge in [0.2, 0.25) is 0 Å². The molecule has 1 aromatic rings.